The molecule has 3 heteroatoms. The number of hydrogen-bond donors (Lipinski definition) is 2. The van der Waals surface area contributed by atoms with Crippen molar-refractivity contribution in [2.24, 2.45) is 5.73 Å². The van der Waals surface area contributed by atoms with Gasteiger partial charge >= 0.3 is 0 Å². The summed E-state index contributed by atoms with van der Waals surface area (Å²) in [6.07, 6.45) is 0.368. The van der Waals surface area contributed by atoms with Gasteiger partial charge in [0.25, 0.3) is 0 Å². The van der Waals surface area contributed by atoms with Crippen LogP contribution in [0, 0.1) is 20.8 Å². The van der Waals surface area contributed by atoms with Crippen LogP contribution in [0.4, 0.5) is 5.69 Å². The van der Waals surface area contributed by atoms with E-state index in [0.717, 1.165) is 5.69 Å². The van der Waals surface area contributed by atoms with Gasteiger partial charge in [0.1, 0.15) is 0 Å². The Kier molecular flexibility index (Phi) is 3.72. The summed E-state index contributed by atoms with van der Waals surface area (Å²) in [5, 5.41) is 3.24. The van der Waals surface area contributed by atoms with Crippen LogP contribution < -0.4 is 11.1 Å². The normalized spacial score (nSPS) is 10.1. The third-order valence-electron chi connectivity index (χ3n) is 2.35. The fraction of sp³-hybridized carbons (Fsp3) is 0.417. The van der Waals surface area contributed by atoms with E-state index >= 15 is 0 Å². The summed E-state index contributed by atoms with van der Waals surface area (Å²) in [5.41, 5.74) is 9.86. The molecule has 0 radical (unpaired) electrons. The van der Waals surface area contributed by atoms with Gasteiger partial charge in [-0.2, -0.15) is 0 Å². The molecule has 3 nitrogen and oxygen atoms in total. The Morgan fingerprint density at radius 1 is 1.27 bits per heavy atom. The molecule has 0 fully saturated rings. The largest absolute Gasteiger partial charge is 0.384 e. The van der Waals surface area contributed by atoms with Gasteiger partial charge in [0.05, 0.1) is 0 Å². The molecule has 0 aromatic heterocycles. The van der Waals surface area contributed by atoms with Crippen molar-refractivity contribution in [2.45, 2.75) is 27.2 Å². The van der Waals surface area contributed by atoms with Gasteiger partial charge in [-0.15, -0.1) is 0 Å². The van der Waals surface area contributed by atoms with Crippen LogP contribution in [0.5, 0.6) is 0 Å². The molecule has 1 rings (SSSR count). The highest BCUT2D eigenvalue weighted by atomic mass is 16.1. The average Bonchev–Trinajstić information content (AvgIpc) is 2.08. The molecule has 0 unspecified atom stereocenters. The lowest BCUT2D eigenvalue weighted by molar-refractivity contribution is -0.117. The summed E-state index contributed by atoms with van der Waals surface area (Å²) in [4.78, 5) is 10.6. The van der Waals surface area contributed by atoms with Crippen LogP contribution in [0.3, 0.4) is 0 Å². The Morgan fingerprint density at radius 2 is 1.80 bits per heavy atom. The first-order valence-electron chi connectivity index (χ1n) is 5.10. The van der Waals surface area contributed by atoms with E-state index in [4.69, 9.17) is 5.73 Å². The minimum absolute atomic E-state index is 0.273. The molecular formula is C12H18N2O. The van der Waals surface area contributed by atoms with Crippen molar-refractivity contribution in [1.82, 2.24) is 0 Å². The second-order valence-corrected chi connectivity index (χ2v) is 3.92. The van der Waals surface area contributed by atoms with E-state index in [9.17, 15) is 4.79 Å². The van der Waals surface area contributed by atoms with Gasteiger partial charge in [0, 0.05) is 18.7 Å². The highest BCUT2D eigenvalue weighted by molar-refractivity contribution is 5.74. The lowest BCUT2D eigenvalue weighted by Crippen LogP contribution is -2.16. The minimum Gasteiger partial charge on any atom is -0.384 e. The van der Waals surface area contributed by atoms with Crippen LogP contribution in [0.25, 0.3) is 0 Å². The van der Waals surface area contributed by atoms with E-state index < -0.39 is 0 Å². The fourth-order valence-corrected chi connectivity index (χ4v) is 1.77. The molecule has 1 amide bonds. The zero-order valence-corrected chi connectivity index (χ0v) is 9.55. The molecule has 1 aromatic carbocycles. The minimum atomic E-state index is -0.273. The smallest absolute Gasteiger partial charge is 0.219 e. The molecule has 15 heavy (non-hydrogen) atoms. The van der Waals surface area contributed by atoms with E-state index in [1.807, 2.05) is 0 Å². The molecule has 0 aliphatic carbocycles. The van der Waals surface area contributed by atoms with Crippen LogP contribution in [0.15, 0.2) is 12.1 Å². The van der Waals surface area contributed by atoms with Crippen molar-refractivity contribution in [2.75, 3.05) is 11.9 Å². The maximum Gasteiger partial charge on any atom is 0.219 e. The van der Waals surface area contributed by atoms with Gasteiger partial charge < -0.3 is 11.1 Å². The summed E-state index contributed by atoms with van der Waals surface area (Å²) in [6, 6.07) is 4.25. The molecule has 0 spiro atoms. The number of nitrogens with one attached hydrogen (secondary N) is 1. The van der Waals surface area contributed by atoms with Crippen LogP contribution in [-0.4, -0.2) is 12.5 Å². The third kappa shape index (κ3) is 3.27. The maximum atomic E-state index is 10.6. The molecule has 0 saturated heterocycles. The van der Waals surface area contributed by atoms with Gasteiger partial charge in [-0.3, -0.25) is 4.79 Å². The second-order valence-electron chi connectivity index (χ2n) is 3.92. The number of aryl methyl sites for hydroxylation is 3. The van der Waals surface area contributed by atoms with Crippen molar-refractivity contribution in [3.63, 3.8) is 0 Å². The van der Waals surface area contributed by atoms with Crippen LogP contribution in [-0.2, 0) is 4.79 Å². The molecule has 0 aliphatic rings. The summed E-state index contributed by atoms with van der Waals surface area (Å²) in [7, 11) is 0. The SMILES string of the molecule is Cc1cc(C)c(NCCC(N)=O)c(C)c1. The van der Waals surface area contributed by atoms with E-state index in [0.29, 0.717) is 13.0 Å². The van der Waals surface area contributed by atoms with E-state index in [1.54, 1.807) is 0 Å². The first kappa shape index (κ1) is 11.6. The quantitative estimate of drug-likeness (QED) is 0.790. The Balaban J connectivity index is 2.72. The fourth-order valence-electron chi connectivity index (χ4n) is 1.77. The van der Waals surface area contributed by atoms with Gasteiger partial charge in [-0.25, -0.2) is 0 Å². The molecule has 0 saturated carbocycles. The lowest BCUT2D eigenvalue weighted by atomic mass is 10.1. The number of primary amides is 1. The maximum absolute atomic E-state index is 10.6. The predicted molar refractivity (Wildman–Crippen MR) is 63.0 cm³/mol. The van der Waals surface area contributed by atoms with Crippen molar-refractivity contribution in [1.29, 1.82) is 0 Å². The third-order valence-corrected chi connectivity index (χ3v) is 2.35. The molecule has 0 atom stereocenters. The molecule has 0 aliphatic heterocycles. The van der Waals surface area contributed by atoms with Crippen molar-refractivity contribution in [3.05, 3.63) is 28.8 Å². The molecule has 0 bridgehead atoms. The standard InChI is InChI=1S/C12H18N2O/c1-8-6-9(2)12(10(3)7-8)14-5-4-11(13)15/h6-7,14H,4-5H2,1-3H3,(H2,13,15). The highest BCUT2D eigenvalue weighted by Gasteiger charge is 2.03. The summed E-state index contributed by atoms with van der Waals surface area (Å²) in [6.45, 7) is 6.80. The van der Waals surface area contributed by atoms with Crippen LogP contribution in [0.1, 0.15) is 23.1 Å². The van der Waals surface area contributed by atoms with Crippen molar-refractivity contribution >= 4 is 11.6 Å². The predicted octanol–water partition coefficient (Wildman–Crippen LogP) is 1.90. The number of nitrogens with two attached hydrogens (primary N) is 1. The molecule has 82 valence electrons. The number of anilines is 1. The van der Waals surface area contributed by atoms with Gasteiger partial charge in [-0.05, 0) is 31.9 Å². The lowest BCUT2D eigenvalue weighted by Gasteiger charge is -2.13. The summed E-state index contributed by atoms with van der Waals surface area (Å²) < 4.78 is 0. The number of benzene rings is 1. The zero-order valence-electron chi connectivity index (χ0n) is 9.55. The Morgan fingerprint density at radius 3 is 2.27 bits per heavy atom. The molecule has 3 N–H and O–H groups in total. The molecule has 0 heterocycles. The number of amides is 1. The number of hydrogen-bond acceptors (Lipinski definition) is 2. The Labute approximate surface area is 90.7 Å². The summed E-state index contributed by atoms with van der Waals surface area (Å²) in [5.74, 6) is -0.273. The number of carbonyl (C=O) groups is 1. The van der Waals surface area contributed by atoms with E-state index in [2.05, 4.69) is 38.2 Å². The Bertz CT molecular complexity index is 349. The zero-order chi connectivity index (χ0) is 11.4. The molecule has 1 aromatic rings. The van der Waals surface area contributed by atoms with Crippen molar-refractivity contribution in [3.8, 4) is 0 Å². The van der Waals surface area contributed by atoms with Crippen LogP contribution >= 0.6 is 0 Å². The second kappa shape index (κ2) is 4.82. The average molecular weight is 206 g/mol. The van der Waals surface area contributed by atoms with Crippen LogP contribution in [0.2, 0.25) is 0 Å². The first-order chi connectivity index (χ1) is 7.00. The van der Waals surface area contributed by atoms with E-state index in [-0.39, 0.29) is 5.91 Å². The topological polar surface area (TPSA) is 55.1 Å². The monoisotopic (exact) mass is 206 g/mol. The van der Waals surface area contributed by atoms with Gasteiger partial charge in [0.15, 0.2) is 0 Å². The molecular weight excluding hydrogens is 188 g/mol. The van der Waals surface area contributed by atoms with Gasteiger partial charge in [-0.1, -0.05) is 17.7 Å². The van der Waals surface area contributed by atoms with E-state index in [1.165, 1.54) is 16.7 Å². The highest BCUT2D eigenvalue weighted by Crippen LogP contribution is 2.21. The number of carbonyl (C=O) groups excluding carboxylic acids is 1. The first-order valence-corrected chi connectivity index (χ1v) is 5.10. The summed E-state index contributed by atoms with van der Waals surface area (Å²) >= 11 is 0. The Hall–Kier alpha value is -1.51. The van der Waals surface area contributed by atoms with Crippen molar-refractivity contribution < 1.29 is 4.79 Å². The van der Waals surface area contributed by atoms with Gasteiger partial charge in [0.2, 0.25) is 5.91 Å². The number of rotatable bonds is 4.